The summed E-state index contributed by atoms with van der Waals surface area (Å²) in [5, 5.41) is 6.16. The van der Waals surface area contributed by atoms with Gasteiger partial charge in [0.2, 0.25) is 0 Å². The summed E-state index contributed by atoms with van der Waals surface area (Å²) in [6.07, 6.45) is -0.547. The van der Waals surface area contributed by atoms with E-state index in [9.17, 15) is 9.59 Å². The normalized spacial score (nSPS) is 14.2. The third-order valence-electron chi connectivity index (χ3n) is 4.35. The lowest BCUT2D eigenvalue weighted by atomic mass is 10.1. The van der Waals surface area contributed by atoms with Gasteiger partial charge in [-0.1, -0.05) is 17.7 Å². The van der Waals surface area contributed by atoms with E-state index in [0.29, 0.717) is 48.3 Å². The van der Waals surface area contributed by atoms with Crippen LogP contribution in [0.25, 0.3) is 0 Å². The number of para-hydroxylation sites is 1. The van der Waals surface area contributed by atoms with Gasteiger partial charge in [0.15, 0.2) is 0 Å². The van der Waals surface area contributed by atoms with Crippen LogP contribution in [0, 0.1) is 0 Å². The highest BCUT2D eigenvalue weighted by Crippen LogP contribution is 2.34. The van der Waals surface area contributed by atoms with Crippen molar-refractivity contribution < 1.29 is 19.1 Å². The Balaban J connectivity index is 1.69. The quantitative estimate of drug-likeness (QED) is 0.728. The molecule has 0 saturated carbocycles. The molecule has 1 saturated heterocycles. The number of amides is 2. The number of hydrogen-bond donors (Lipinski definition) is 2. The lowest BCUT2D eigenvalue weighted by Crippen LogP contribution is -2.37. The van der Waals surface area contributed by atoms with Gasteiger partial charge in [0, 0.05) is 24.3 Å². The zero-order valence-corrected chi connectivity index (χ0v) is 18.1. The summed E-state index contributed by atoms with van der Waals surface area (Å²) in [4.78, 5) is 26.7. The molecule has 0 aliphatic carbocycles. The molecule has 1 fully saturated rings. The van der Waals surface area contributed by atoms with E-state index in [1.807, 2.05) is 6.07 Å². The van der Waals surface area contributed by atoms with Gasteiger partial charge in [-0.25, -0.2) is 4.79 Å². The molecule has 1 aliphatic heterocycles. The van der Waals surface area contributed by atoms with Crippen LogP contribution in [-0.2, 0) is 9.47 Å². The Kier molecular flexibility index (Phi) is 6.84. The van der Waals surface area contributed by atoms with Crippen molar-refractivity contribution in [1.82, 2.24) is 0 Å². The van der Waals surface area contributed by atoms with Crippen molar-refractivity contribution in [3.63, 3.8) is 0 Å². The van der Waals surface area contributed by atoms with E-state index in [-0.39, 0.29) is 5.91 Å². The summed E-state index contributed by atoms with van der Waals surface area (Å²) in [5.41, 5.74) is 1.85. The van der Waals surface area contributed by atoms with Crippen LogP contribution in [0.5, 0.6) is 0 Å². The Bertz CT molecular complexity index is 904. The number of benzene rings is 2. The van der Waals surface area contributed by atoms with Gasteiger partial charge >= 0.3 is 6.09 Å². The Hall–Kier alpha value is -2.77. The van der Waals surface area contributed by atoms with Gasteiger partial charge in [0.05, 0.1) is 29.6 Å². The number of halogens is 1. The first-order valence-corrected chi connectivity index (χ1v) is 10.1. The van der Waals surface area contributed by atoms with Crippen LogP contribution >= 0.6 is 11.6 Å². The summed E-state index contributed by atoms with van der Waals surface area (Å²) in [7, 11) is 0. The SMILES string of the molecule is CC(C)(C)OC(=O)Nc1ccc(C(=O)Nc2cccc(Cl)c2N2CCOCC2)cc1. The van der Waals surface area contributed by atoms with Crippen LogP contribution in [0.15, 0.2) is 42.5 Å². The zero-order valence-electron chi connectivity index (χ0n) is 17.3. The molecule has 0 radical (unpaired) electrons. The summed E-state index contributed by atoms with van der Waals surface area (Å²) in [6, 6.07) is 12.0. The monoisotopic (exact) mass is 431 g/mol. The maximum Gasteiger partial charge on any atom is 0.412 e. The summed E-state index contributed by atoms with van der Waals surface area (Å²) in [5.74, 6) is -0.268. The Morgan fingerprint density at radius 2 is 1.70 bits per heavy atom. The second-order valence-electron chi connectivity index (χ2n) is 7.89. The van der Waals surface area contributed by atoms with Gasteiger partial charge in [-0.3, -0.25) is 10.1 Å². The van der Waals surface area contributed by atoms with Crippen molar-refractivity contribution in [3.05, 3.63) is 53.1 Å². The average Bonchev–Trinajstić information content (AvgIpc) is 2.68. The van der Waals surface area contributed by atoms with Crippen molar-refractivity contribution in [3.8, 4) is 0 Å². The minimum absolute atomic E-state index is 0.268. The number of nitrogens with one attached hydrogen (secondary N) is 2. The first-order chi connectivity index (χ1) is 14.2. The third-order valence-corrected chi connectivity index (χ3v) is 4.66. The number of anilines is 3. The molecule has 7 nitrogen and oxygen atoms in total. The molecule has 2 amide bonds. The maximum atomic E-state index is 12.8. The molecular formula is C22H26ClN3O4. The summed E-state index contributed by atoms with van der Waals surface area (Å²) >= 11 is 6.42. The molecule has 1 heterocycles. The average molecular weight is 432 g/mol. The molecule has 2 aromatic rings. The molecule has 0 unspecified atom stereocenters. The van der Waals surface area contributed by atoms with Crippen molar-refractivity contribution in [2.75, 3.05) is 41.8 Å². The van der Waals surface area contributed by atoms with Gasteiger partial charge in [0.1, 0.15) is 5.60 Å². The molecule has 3 rings (SSSR count). The second-order valence-corrected chi connectivity index (χ2v) is 8.30. The van der Waals surface area contributed by atoms with Crippen molar-refractivity contribution in [2.45, 2.75) is 26.4 Å². The molecule has 2 aromatic carbocycles. The second kappa shape index (κ2) is 9.36. The first-order valence-electron chi connectivity index (χ1n) is 9.75. The van der Waals surface area contributed by atoms with Crippen LogP contribution in [0.1, 0.15) is 31.1 Å². The van der Waals surface area contributed by atoms with E-state index in [4.69, 9.17) is 21.1 Å². The number of rotatable bonds is 4. The van der Waals surface area contributed by atoms with E-state index >= 15 is 0 Å². The van der Waals surface area contributed by atoms with Gasteiger partial charge in [-0.2, -0.15) is 0 Å². The Morgan fingerprint density at radius 3 is 2.33 bits per heavy atom. The number of ether oxygens (including phenoxy) is 2. The highest BCUT2D eigenvalue weighted by atomic mass is 35.5. The highest BCUT2D eigenvalue weighted by molar-refractivity contribution is 6.34. The molecule has 0 spiro atoms. The third kappa shape index (κ3) is 5.87. The van der Waals surface area contributed by atoms with Crippen LogP contribution < -0.4 is 15.5 Å². The van der Waals surface area contributed by atoms with Crippen molar-refractivity contribution in [1.29, 1.82) is 0 Å². The fraction of sp³-hybridized carbons (Fsp3) is 0.364. The van der Waals surface area contributed by atoms with Crippen LogP contribution in [0.2, 0.25) is 5.02 Å². The maximum absolute atomic E-state index is 12.8. The molecule has 1 aliphatic rings. The first kappa shape index (κ1) is 21.9. The predicted molar refractivity (Wildman–Crippen MR) is 119 cm³/mol. The minimum atomic E-state index is -0.584. The van der Waals surface area contributed by atoms with Gasteiger partial charge < -0.3 is 19.7 Å². The molecule has 160 valence electrons. The van der Waals surface area contributed by atoms with Crippen LogP contribution in [-0.4, -0.2) is 43.9 Å². The lowest BCUT2D eigenvalue weighted by Gasteiger charge is -2.31. The number of morpholine rings is 1. The number of carbonyl (C=O) groups is 2. The topological polar surface area (TPSA) is 79.9 Å². The fourth-order valence-electron chi connectivity index (χ4n) is 3.05. The zero-order chi connectivity index (χ0) is 21.7. The Labute approximate surface area is 181 Å². The molecule has 0 bridgehead atoms. The highest BCUT2D eigenvalue weighted by Gasteiger charge is 2.20. The number of carbonyl (C=O) groups excluding carboxylic acids is 2. The van der Waals surface area contributed by atoms with Gasteiger partial charge in [-0.05, 0) is 57.2 Å². The van der Waals surface area contributed by atoms with Crippen LogP contribution in [0.3, 0.4) is 0 Å². The van der Waals surface area contributed by atoms with E-state index in [1.165, 1.54) is 0 Å². The molecular weight excluding hydrogens is 406 g/mol. The van der Waals surface area contributed by atoms with E-state index in [2.05, 4.69) is 15.5 Å². The van der Waals surface area contributed by atoms with E-state index < -0.39 is 11.7 Å². The Morgan fingerprint density at radius 1 is 1.03 bits per heavy atom. The molecule has 0 aromatic heterocycles. The van der Waals surface area contributed by atoms with Crippen molar-refractivity contribution in [2.24, 2.45) is 0 Å². The molecule has 0 atom stereocenters. The largest absolute Gasteiger partial charge is 0.444 e. The van der Waals surface area contributed by atoms with Crippen molar-refractivity contribution >= 4 is 40.7 Å². The smallest absolute Gasteiger partial charge is 0.412 e. The number of hydrogen-bond acceptors (Lipinski definition) is 5. The standard InChI is InChI=1S/C22H26ClN3O4/c1-22(2,3)30-21(28)24-16-9-7-15(8-10-16)20(27)25-18-6-4-5-17(23)19(18)26-11-13-29-14-12-26/h4-10H,11-14H2,1-3H3,(H,24,28)(H,25,27). The van der Waals surface area contributed by atoms with E-state index in [0.717, 1.165) is 5.69 Å². The van der Waals surface area contributed by atoms with Gasteiger partial charge in [0.25, 0.3) is 5.91 Å². The molecule has 2 N–H and O–H groups in total. The molecule has 8 heteroatoms. The summed E-state index contributed by atoms with van der Waals surface area (Å²) < 4.78 is 10.6. The van der Waals surface area contributed by atoms with Crippen LogP contribution in [0.4, 0.5) is 21.9 Å². The lowest BCUT2D eigenvalue weighted by molar-refractivity contribution is 0.0636. The minimum Gasteiger partial charge on any atom is -0.444 e. The van der Waals surface area contributed by atoms with E-state index in [1.54, 1.807) is 57.2 Å². The van der Waals surface area contributed by atoms with Gasteiger partial charge in [-0.15, -0.1) is 0 Å². The number of nitrogens with zero attached hydrogens (tertiary/aromatic N) is 1. The molecule has 30 heavy (non-hydrogen) atoms. The predicted octanol–water partition coefficient (Wildman–Crippen LogP) is 4.78. The fourth-order valence-corrected chi connectivity index (χ4v) is 3.34. The summed E-state index contributed by atoms with van der Waals surface area (Å²) in [6.45, 7) is 8.02.